The molecule has 4 N–H and O–H groups in total. The summed E-state index contributed by atoms with van der Waals surface area (Å²) >= 11 is 0. The quantitative estimate of drug-likeness (QED) is 0.465. The van der Waals surface area contributed by atoms with Crippen LogP contribution < -0.4 is 5.32 Å². The molecular weight excluding hydrogens is 336 g/mol. The summed E-state index contributed by atoms with van der Waals surface area (Å²) in [5.74, 6) is 0.102. The van der Waals surface area contributed by atoms with Crippen molar-refractivity contribution < 1.29 is 19.2 Å². The van der Waals surface area contributed by atoms with Crippen LogP contribution in [0.5, 0.6) is 0 Å². The molecule has 1 aromatic carbocycles. The van der Waals surface area contributed by atoms with Crippen LogP contribution in [0.1, 0.15) is 29.8 Å². The maximum absolute atomic E-state index is 12.2. The molecule has 0 spiro atoms. The lowest BCUT2D eigenvalue weighted by atomic mass is 9.78. The number of amides is 1. The Labute approximate surface area is 150 Å². The van der Waals surface area contributed by atoms with E-state index in [1.807, 2.05) is 30.3 Å². The molecule has 0 bridgehead atoms. The second kappa shape index (κ2) is 7.92. The van der Waals surface area contributed by atoms with E-state index in [0.717, 1.165) is 18.4 Å². The fourth-order valence-corrected chi connectivity index (χ4v) is 2.89. The third-order valence-electron chi connectivity index (χ3n) is 4.24. The summed E-state index contributed by atoms with van der Waals surface area (Å²) in [6.07, 6.45) is 1.84. The maximum atomic E-state index is 12.2. The van der Waals surface area contributed by atoms with Gasteiger partial charge in [0.1, 0.15) is 6.61 Å². The van der Waals surface area contributed by atoms with Crippen molar-refractivity contribution in [2.75, 3.05) is 6.61 Å². The molecular formula is C18H20N4O4. The summed E-state index contributed by atoms with van der Waals surface area (Å²) in [4.78, 5) is 12.2. The van der Waals surface area contributed by atoms with Crippen LogP contribution in [-0.4, -0.2) is 40.6 Å². The van der Waals surface area contributed by atoms with Crippen molar-refractivity contribution in [1.82, 2.24) is 10.5 Å². The highest BCUT2D eigenvalue weighted by molar-refractivity contribution is 5.93. The average molecular weight is 356 g/mol. The van der Waals surface area contributed by atoms with E-state index in [9.17, 15) is 4.79 Å². The van der Waals surface area contributed by atoms with Gasteiger partial charge in [0.25, 0.3) is 5.91 Å². The van der Waals surface area contributed by atoms with Crippen LogP contribution in [0.25, 0.3) is 11.3 Å². The van der Waals surface area contributed by atoms with Crippen molar-refractivity contribution in [2.24, 2.45) is 5.92 Å². The molecule has 3 rings (SSSR count). The Morgan fingerprint density at radius 2 is 2.00 bits per heavy atom. The lowest BCUT2D eigenvalue weighted by Gasteiger charge is -2.35. The van der Waals surface area contributed by atoms with E-state index in [0.29, 0.717) is 12.2 Å². The van der Waals surface area contributed by atoms with Gasteiger partial charge in [-0.25, -0.2) is 0 Å². The van der Waals surface area contributed by atoms with E-state index in [1.54, 1.807) is 6.07 Å². The summed E-state index contributed by atoms with van der Waals surface area (Å²) in [5.41, 5.74) is 1.09. The number of carbonyl (C=O) groups is 1. The number of benzene rings is 1. The van der Waals surface area contributed by atoms with E-state index in [4.69, 9.17) is 25.2 Å². The third kappa shape index (κ3) is 4.34. The number of hydrogen-bond acceptors (Lipinski definition) is 7. The van der Waals surface area contributed by atoms with Crippen molar-refractivity contribution in [3.05, 3.63) is 42.1 Å². The van der Waals surface area contributed by atoms with Gasteiger partial charge < -0.3 is 19.7 Å². The van der Waals surface area contributed by atoms with Gasteiger partial charge >= 0.3 is 0 Å². The zero-order valence-corrected chi connectivity index (χ0v) is 14.1. The minimum Gasteiger partial charge on any atom is -0.427 e. The number of carbonyl (C=O) groups excluding carboxylic acids is 1. The first-order chi connectivity index (χ1) is 12.5. The molecule has 0 saturated heterocycles. The zero-order valence-electron chi connectivity index (χ0n) is 14.1. The predicted molar refractivity (Wildman–Crippen MR) is 94.2 cm³/mol. The number of rotatable bonds is 6. The van der Waals surface area contributed by atoms with Crippen LogP contribution in [-0.2, 0) is 4.74 Å². The fourth-order valence-electron chi connectivity index (χ4n) is 2.89. The first-order valence-electron chi connectivity index (χ1n) is 8.31. The molecule has 0 unspecified atom stereocenters. The molecule has 136 valence electrons. The normalized spacial score (nSPS) is 18.7. The largest absolute Gasteiger partial charge is 0.427 e. The smallest absolute Gasteiger partial charge is 0.273 e. The first kappa shape index (κ1) is 17.8. The van der Waals surface area contributed by atoms with Gasteiger partial charge in [0.2, 0.25) is 5.90 Å². The Morgan fingerprint density at radius 1 is 1.27 bits per heavy atom. The Bertz CT molecular complexity index is 797. The van der Waals surface area contributed by atoms with Gasteiger partial charge in [-0.05, 0) is 18.8 Å². The van der Waals surface area contributed by atoms with Crippen molar-refractivity contribution >= 4 is 17.7 Å². The van der Waals surface area contributed by atoms with E-state index >= 15 is 0 Å². The zero-order chi connectivity index (χ0) is 18.5. The molecule has 1 aliphatic rings. The highest BCUT2D eigenvalue weighted by Gasteiger charge is 2.32. The topological polar surface area (TPSA) is 132 Å². The fraction of sp³-hybridized carbons (Fsp3) is 0.333. The monoisotopic (exact) mass is 356 g/mol. The van der Waals surface area contributed by atoms with E-state index in [2.05, 4.69) is 10.5 Å². The summed E-state index contributed by atoms with van der Waals surface area (Å²) in [5, 5.41) is 30.3. The number of aliphatic hydroxyl groups is 1. The molecule has 26 heavy (non-hydrogen) atoms. The molecule has 0 radical (unpaired) electrons. The summed E-state index contributed by atoms with van der Waals surface area (Å²) in [7, 11) is 0. The Kier molecular flexibility index (Phi) is 5.43. The number of aromatic nitrogens is 1. The molecule has 1 aliphatic carbocycles. The van der Waals surface area contributed by atoms with Gasteiger partial charge in [-0.15, -0.1) is 0 Å². The highest BCUT2D eigenvalue weighted by Crippen LogP contribution is 2.31. The molecule has 8 nitrogen and oxygen atoms in total. The van der Waals surface area contributed by atoms with Crippen LogP contribution in [0, 0.1) is 16.7 Å². The summed E-state index contributed by atoms with van der Waals surface area (Å²) in [6, 6.07) is 11.1. The van der Waals surface area contributed by atoms with E-state index in [-0.39, 0.29) is 35.4 Å². The second-order valence-electron chi connectivity index (χ2n) is 6.26. The van der Waals surface area contributed by atoms with Crippen molar-refractivity contribution in [3.8, 4) is 11.3 Å². The molecule has 1 amide bonds. The van der Waals surface area contributed by atoms with E-state index < -0.39 is 6.61 Å². The van der Waals surface area contributed by atoms with Gasteiger partial charge in [0.15, 0.2) is 17.4 Å². The Hall–Kier alpha value is -3.00. The van der Waals surface area contributed by atoms with Crippen LogP contribution in [0.3, 0.4) is 0 Å². The van der Waals surface area contributed by atoms with Gasteiger partial charge in [-0.1, -0.05) is 35.5 Å². The Balaban J connectivity index is 1.45. The molecule has 1 aromatic heterocycles. The second-order valence-corrected chi connectivity index (χ2v) is 6.26. The molecule has 1 heterocycles. The Morgan fingerprint density at radius 3 is 2.69 bits per heavy atom. The standard InChI is InChI=1S/C18H20N4O4/c19-16(25-17(20)10-23)8-11-6-13(7-11)21-18(24)14-9-15(26-22-14)12-4-2-1-3-5-12/h1-5,9,11,13,19-20,23H,6-8,10H2,(H,21,24). The SMILES string of the molecule is N=C(CO)OC(=N)CC1CC(NC(=O)c2cc(-c3ccccc3)on2)C1. The maximum Gasteiger partial charge on any atom is 0.273 e. The lowest BCUT2D eigenvalue weighted by Crippen LogP contribution is -2.45. The highest BCUT2D eigenvalue weighted by atomic mass is 16.5. The molecule has 1 fully saturated rings. The third-order valence-corrected chi connectivity index (χ3v) is 4.24. The van der Waals surface area contributed by atoms with Crippen LogP contribution in [0.4, 0.5) is 0 Å². The number of aliphatic hydroxyl groups excluding tert-OH is 1. The van der Waals surface area contributed by atoms with Crippen LogP contribution >= 0.6 is 0 Å². The number of nitrogens with one attached hydrogen (secondary N) is 3. The summed E-state index contributed by atoms with van der Waals surface area (Å²) < 4.78 is 10.1. The van der Waals surface area contributed by atoms with Crippen molar-refractivity contribution in [1.29, 1.82) is 10.8 Å². The molecule has 8 heteroatoms. The van der Waals surface area contributed by atoms with Crippen molar-refractivity contribution in [3.63, 3.8) is 0 Å². The minimum absolute atomic E-state index is 0.0227. The lowest BCUT2D eigenvalue weighted by molar-refractivity contribution is 0.0882. The van der Waals surface area contributed by atoms with Gasteiger partial charge in [0.05, 0.1) is 0 Å². The van der Waals surface area contributed by atoms with Gasteiger partial charge in [0, 0.05) is 24.1 Å². The summed E-state index contributed by atoms with van der Waals surface area (Å²) in [6.45, 7) is -0.519. The number of ether oxygens (including phenoxy) is 1. The molecule has 1 saturated carbocycles. The van der Waals surface area contributed by atoms with Gasteiger partial charge in [-0.2, -0.15) is 0 Å². The van der Waals surface area contributed by atoms with Crippen molar-refractivity contribution in [2.45, 2.75) is 25.3 Å². The molecule has 0 aliphatic heterocycles. The van der Waals surface area contributed by atoms with E-state index in [1.165, 1.54) is 0 Å². The van der Waals surface area contributed by atoms with Gasteiger partial charge in [-0.3, -0.25) is 15.6 Å². The first-order valence-corrected chi connectivity index (χ1v) is 8.31. The van der Waals surface area contributed by atoms with Crippen LogP contribution in [0.2, 0.25) is 0 Å². The number of nitrogens with zero attached hydrogens (tertiary/aromatic N) is 1. The predicted octanol–water partition coefficient (Wildman–Crippen LogP) is 2.20. The minimum atomic E-state index is -0.519. The van der Waals surface area contributed by atoms with Crippen LogP contribution in [0.15, 0.2) is 40.9 Å². The number of hydrogen-bond donors (Lipinski definition) is 4. The molecule has 2 aromatic rings. The molecule has 0 atom stereocenters. The average Bonchev–Trinajstić information content (AvgIpc) is 3.10.